The van der Waals surface area contributed by atoms with Crippen LogP contribution < -0.4 is 5.32 Å². The molecule has 1 aromatic carbocycles. The number of benzene rings is 1. The minimum absolute atomic E-state index is 0.127. The summed E-state index contributed by atoms with van der Waals surface area (Å²) in [6, 6.07) is 13.0. The van der Waals surface area contributed by atoms with E-state index in [0.717, 1.165) is 23.1 Å². The van der Waals surface area contributed by atoms with Crippen LogP contribution in [0.15, 0.2) is 47.1 Å². The van der Waals surface area contributed by atoms with Gasteiger partial charge in [0.05, 0.1) is 11.7 Å². The molecule has 0 spiro atoms. The van der Waals surface area contributed by atoms with E-state index in [1.54, 1.807) is 0 Å². The third-order valence-corrected chi connectivity index (χ3v) is 4.27. The molecule has 3 heteroatoms. The molecule has 0 aliphatic heterocycles. The van der Waals surface area contributed by atoms with Crippen LogP contribution >= 0.6 is 15.9 Å². The van der Waals surface area contributed by atoms with Gasteiger partial charge in [-0.15, -0.1) is 0 Å². The molecule has 1 aromatic heterocycles. The predicted octanol–water partition coefficient (Wildman–Crippen LogP) is 5.06. The average Bonchev–Trinajstić information content (AvgIpc) is 2.50. The van der Waals surface area contributed by atoms with Crippen LogP contribution in [0.2, 0.25) is 0 Å². The first-order valence-electron chi connectivity index (χ1n) is 7.57. The minimum atomic E-state index is 0.127. The predicted molar refractivity (Wildman–Crippen MR) is 92.6 cm³/mol. The molecule has 2 aromatic rings. The van der Waals surface area contributed by atoms with E-state index in [1.165, 1.54) is 11.1 Å². The fraction of sp³-hybridized carbons (Fsp3) is 0.389. The van der Waals surface area contributed by atoms with Crippen molar-refractivity contribution < 1.29 is 0 Å². The lowest BCUT2D eigenvalue weighted by Gasteiger charge is -2.20. The highest BCUT2D eigenvalue weighted by Gasteiger charge is 2.17. The van der Waals surface area contributed by atoms with Crippen molar-refractivity contribution in [2.45, 2.75) is 39.2 Å². The molecule has 1 N–H and O–H groups in total. The number of pyridine rings is 1. The third-order valence-electron chi connectivity index (χ3n) is 3.60. The average molecular weight is 347 g/mol. The zero-order chi connectivity index (χ0) is 15.2. The van der Waals surface area contributed by atoms with Crippen molar-refractivity contribution in [3.63, 3.8) is 0 Å². The maximum absolute atomic E-state index is 4.56. The van der Waals surface area contributed by atoms with E-state index < -0.39 is 0 Å². The first kappa shape index (κ1) is 16.2. The Morgan fingerprint density at radius 1 is 1.10 bits per heavy atom. The molecule has 0 saturated heterocycles. The van der Waals surface area contributed by atoms with Gasteiger partial charge in [-0.2, -0.15) is 0 Å². The zero-order valence-electron chi connectivity index (χ0n) is 12.9. The molecule has 0 radical (unpaired) electrons. The molecule has 0 amide bonds. The summed E-state index contributed by atoms with van der Waals surface area (Å²) < 4.78 is 1.05. The van der Waals surface area contributed by atoms with Crippen LogP contribution in [0.3, 0.4) is 0 Å². The van der Waals surface area contributed by atoms with Crippen molar-refractivity contribution in [1.82, 2.24) is 10.3 Å². The molecule has 0 fully saturated rings. The fourth-order valence-electron chi connectivity index (χ4n) is 2.34. The molecule has 0 bridgehead atoms. The monoisotopic (exact) mass is 346 g/mol. The molecule has 0 saturated carbocycles. The van der Waals surface area contributed by atoms with Gasteiger partial charge < -0.3 is 5.32 Å². The van der Waals surface area contributed by atoms with Gasteiger partial charge >= 0.3 is 0 Å². The summed E-state index contributed by atoms with van der Waals surface area (Å²) in [5.41, 5.74) is 3.67. The molecule has 0 aliphatic rings. The maximum Gasteiger partial charge on any atom is 0.0762 e. The molecule has 21 heavy (non-hydrogen) atoms. The van der Waals surface area contributed by atoms with Gasteiger partial charge in [-0.1, -0.05) is 45.0 Å². The minimum Gasteiger partial charge on any atom is -0.305 e. The van der Waals surface area contributed by atoms with Gasteiger partial charge in [-0.05, 0) is 58.1 Å². The van der Waals surface area contributed by atoms with Crippen LogP contribution in [-0.2, 0) is 0 Å². The number of hydrogen-bond donors (Lipinski definition) is 1. The van der Waals surface area contributed by atoms with Crippen molar-refractivity contribution in [1.29, 1.82) is 0 Å². The van der Waals surface area contributed by atoms with E-state index in [2.05, 4.69) is 71.3 Å². The van der Waals surface area contributed by atoms with E-state index >= 15 is 0 Å². The summed E-state index contributed by atoms with van der Waals surface area (Å²) in [4.78, 5) is 4.56. The van der Waals surface area contributed by atoms with Crippen LogP contribution in [0.4, 0.5) is 0 Å². The highest BCUT2D eigenvalue weighted by atomic mass is 79.9. The highest BCUT2D eigenvalue weighted by Crippen LogP contribution is 2.27. The van der Waals surface area contributed by atoms with E-state index in [9.17, 15) is 0 Å². The van der Waals surface area contributed by atoms with E-state index in [0.29, 0.717) is 5.92 Å². The standard InChI is InChI=1S/C18H23BrN2/c1-4-11-20-17(18-16(19)6-5-12-21-18)15-9-7-14(8-10-15)13(2)3/h5-10,12-13,17,20H,4,11H2,1-3H3. The molecular weight excluding hydrogens is 324 g/mol. The van der Waals surface area contributed by atoms with Crippen LogP contribution in [0.25, 0.3) is 0 Å². The highest BCUT2D eigenvalue weighted by molar-refractivity contribution is 9.10. The Morgan fingerprint density at radius 2 is 1.76 bits per heavy atom. The molecular formula is C18H23BrN2. The van der Waals surface area contributed by atoms with Gasteiger partial charge in [0.2, 0.25) is 0 Å². The lowest BCUT2D eigenvalue weighted by molar-refractivity contribution is 0.584. The lowest BCUT2D eigenvalue weighted by atomic mass is 9.97. The lowest BCUT2D eigenvalue weighted by Crippen LogP contribution is -2.24. The SMILES string of the molecule is CCCNC(c1ccc(C(C)C)cc1)c1ncccc1Br. The number of rotatable bonds is 6. The number of nitrogens with zero attached hydrogens (tertiary/aromatic N) is 1. The maximum atomic E-state index is 4.56. The van der Waals surface area contributed by atoms with Gasteiger partial charge in [0.1, 0.15) is 0 Å². The number of nitrogens with one attached hydrogen (secondary N) is 1. The van der Waals surface area contributed by atoms with E-state index in [1.807, 2.05) is 18.3 Å². The summed E-state index contributed by atoms with van der Waals surface area (Å²) >= 11 is 3.62. The Labute approximate surface area is 136 Å². The van der Waals surface area contributed by atoms with Gasteiger partial charge in [0.25, 0.3) is 0 Å². The second-order valence-corrected chi connectivity index (χ2v) is 6.43. The molecule has 112 valence electrons. The summed E-state index contributed by atoms with van der Waals surface area (Å²) in [5, 5.41) is 3.60. The van der Waals surface area contributed by atoms with Gasteiger partial charge in [0.15, 0.2) is 0 Å². The summed E-state index contributed by atoms with van der Waals surface area (Å²) in [5.74, 6) is 0.558. The Morgan fingerprint density at radius 3 is 2.33 bits per heavy atom. The van der Waals surface area contributed by atoms with Crippen molar-refractivity contribution in [2.24, 2.45) is 0 Å². The Kier molecular flexibility index (Phi) is 5.95. The van der Waals surface area contributed by atoms with Gasteiger partial charge in [0, 0.05) is 10.7 Å². The second kappa shape index (κ2) is 7.71. The van der Waals surface area contributed by atoms with Crippen molar-refractivity contribution in [3.05, 3.63) is 63.9 Å². The molecule has 1 unspecified atom stereocenters. The quantitative estimate of drug-likeness (QED) is 0.790. The normalized spacial score (nSPS) is 12.6. The van der Waals surface area contributed by atoms with Crippen LogP contribution in [-0.4, -0.2) is 11.5 Å². The Balaban J connectivity index is 2.33. The fourth-order valence-corrected chi connectivity index (χ4v) is 2.83. The zero-order valence-corrected chi connectivity index (χ0v) is 14.5. The summed E-state index contributed by atoms with van der Waals surface area (Å²) in [6.45, 7) is 7.59. The molecule has 2 nitrogen and oxygen atoms in total. The van der Waals surface area contributed by atoms with Gasteiger partial charge in [-0.3, -0.25) is 4.98 Å². The van der Waals surface area contributed by atoms with Crippen LogP contribution in [0.1, 0.15) is 56.0 Å². The molecule has 2 rings (SSSR count). The Bertz CT molecular complexity index is 564. The Hall–Kier alpha value is -1.19. The van der Waals surface area contributed by atoms with Gasteiger partial charge in [-0.25, -0.2) is 0 Å². The largest absolute Gasteiger partial charge is 0.305 e. The van der Waals surface area contributed by atoms with Crippen molar-refractivity contribution in [3.8, 4) is 0 Å². The number of hydrogen-bond acceptors (Lipinski definition) is 2. The first-order valence-corrected chi connectivity index (χ1v) is 8.36. The van der Waals surface area contributed by atoms with Crippen LogP contribution in [0.5, 0.6) is 0 Å². The number of aromatic nitrogens is 1. The van der Waals surface area contributed by atoms with Crippen molar-refractivity contribution in [2.75, 3.05) is 6.54 Å². The molecule has 0 aliphatic carbocycles. The second-order valence-electron chi connectivity index (χ2n) is 5.58. The third kappa shape index (κ3) is 4.14. The number of halogens is 1. The summed E-state index contributed by atoms with van der Waals surface area (Å²) in [6.07, 6.45) is 2.95. The smallest absolute Gasteiger partial charge is 0.0762 e. The van der Waals surface area contributed by atoms with E-state index in [-0.39, 0.29) is 6.04 Å². The molecule has 1 heterocycles. The first-order chi connectivity index (χ1) is 10.1. The topological polar surface area (TPSA) is 24.9 Å². The van der Waals surface area contributed by atoms with E-state index in [4.69, 9.17) is 0 Å². The van der Waals surface area contributed by atoms with Crippen molar-refractivity contribution >= 4 is 15.9 Å². The summed E-state index contributed by atoms with van der Waals surface area (Å²) in [7, 11) is 0. The molecule has 1 atom stereocenters. The van der Waals surface area contributed by atoms with Crippen LogP contribution in [0, 0.1) is 0 Å².